The summed E-state index contributed by atoms with van der Waals surface area (Å²) >= 11 is 6.91. The Labute approximate surface area is 139 Å². The molecule has 0 aliphatic heterocycles. The van der Waals surface area contributed by atoms with Gasteiger partial charge in [0.25, 0.3) is 0 Å². The molecule has 2 heterocycles. The van der Waals surface area contributed by atoms with Crippen LogP contribution >= 0.6 is 31.9 Å². The summed E-state index contributed by atoms with van der Waals surface area (Å²) in [4.78, 5) is 8.53. The van der Waals surface area contributed by atoms with Crippen molar-refractivity contribution in [1.29, 1.82) is 0 Å². The van der Waals surface area contributed by atoms with Crippen LogP contribution in [0.15, 0.2) is 57.9 Å². The van der Waals surface area contributed by atoms with Crippen LogP contribution < -0.4 is 0 Å². The van der Waals surface area contributed by atoms with E-state index in [4.69, 9.17) is 0 Å². The molecular weight excluding hydrogens is 396 g/mol. The molecule has 0 aliphatic carbocycles. The minimum absolute atomic E-state index is 0.500. The molecule has 0 aliphatic rings. The Morgan fingerprint density at radius 1 is 1.14 bits per heavy atom. The maximum Gasteiger partial charge on any atom is 0.0852 e. The Balaban J connectivity index is 1.98. The number of aliphatic hydroxyl groups excluding tert-OH is 1. The summed E-state index contributed by atoms with van der Waals surface area (Å²) in [6, 6.07) is 9.70. The molecule has 3 aromatic rings. The predicted molar refractivity (Wildman–Crippen MR) is 90.0 cm³/mol. The van der Waals surface area contributed by atoms with Crippen LogP contribution in [0.25, 0.3) is 10.9 Å². The minimum atomic E-state index is -0.619. The van der Waals surface area contributed by atoms with E-state index in [9.17, 15) is 5.11 Å². The molecule has 1 unspecified atom stereocenters. The molecule has 5 heteroatoms. The lowest BCUT2D eigenvalue weighted by atomic mass is 10.00. The zero-order chi connectivity index (χ0) is 14.8. The monoisotopic (exact) mass is 406 g/mol. The fourth-order valence-electron chi connectivity index (χ4n) is 2.33. The van der Waals surface area contributed by atoms with Gasteiger partial charge in [-0.3, -0.25) is 9.97 Å². The average molecular weight is 408 g/mol. The highest BCUT2D eigenvalue weighted by molar-refractivity contribution is 9.11. The first kappa shape index (κ1) is 14.6. The Hall–Kier alpha value is -1.30. The molecule has 0 fully saturated rings. The quantitative estimate of drug-likeness (QED) is 0.698. The lowest BCUT2D eigenvalue weighted by Crippen LogP contribution is -2.04. The van der Waals surface area contributed by atoms with Crippen molar-refractivity contribution >= 4 is 42.8 Å². The van der Waals surface area contributed by atoms with Gasteiger partial charge in [-0.2, -0.15) is 0 Å². The van der Waals surface area contributed by atoms with E-state index in [1.807, 2.05) is 30.3 Å². The summed E-state index contributed by atoms with van der Waals surface area (Å²) in [6.07, 6.45) is 5.12. The fourth-order valence-corrected chi connectivity index (χ4v) is 3.19. The fraction of sp³-hybridized carbons (Fsp3) is 0.125. The molecule has 3 nitrogen and oxygen atoms in total. The number of pyridine rings is 2. The molecule has 0 saturated heterocycles. The molecule has 106 valence electrons. The second-order valence-corrected chi connectivity index (χ2v) is 6.54. The van der Waals surface area contributed by atoms with E-state index in [2.05, 4.69) is 41.8 Å². The number of halogens is 2. The van der Waals surface area contributed by atoms with Gasteiger partial charge in [-0.15, -0.1) is 0 Å². The first-order valence-corrected chi connectivity index (χ1v) is 8.04. The minimum Gasteiger partial charge on any atom is -0.388 e. The second kappa shape index (κ2) is 6.22. The second-order valence-electron chi connectivity index (χ2n) is 4.77. The third kappa shape index (κ3) is 3.15. The Morgan fingerprint density at radius 3 is 2.81 bits per heavy atom. The van der Waals surface area contributed by atoms with Crippen LogP contribution in [0, 0.1) is 0 Å². The van der Waals surface area contributed by atoms with Crippen molar-refractivity contribution in [3.05, 3.63) is 69.0 Å². The van der Waals surface area contributed by atoms with Crippen LogP contribution in [0.4, 0.5) is 0 Å². The molecule has 3 rings (SSSR count). The van der Waals surface area contributed by atoms with Crippen LogP contribution in [-0.2, 0) is 6.42 Å². The number of rotatable bonds is 3. The predicted octanol–water partition coefficient (Wildman–Crippen LogP) is 4.43. The van der Waals surface area contributed by atoms with Crippen molar-refractivity contribution in [3.8, 4) is 0 Å². The van der Waals surface area contributed by atoms with E-state index in [-0.39, 0.29) is 0 Å². The zero-order valence-corrected chi connectivity index (χ0v) is 14.2. The molecule has 0 spiro atoms. The van der Waals surface area contributed by atoms with Gasteiger partial charge in [0.15, 0.2) is 0 Å². The molecule has 0 radical (unpaired) electrons. The Kier molecular flexibility index (Phi) is 4.33. The summed E-state index contributed by atoms with van der Waals surface area (Å²) < 4.78 is 1.89. The van der Waals surface area contributed by atoms with E-state index >= 15 is 0 Å². The number of hydrogen-bond acceptors (Lipinski definition) is 3. The maximum absolute atomic E-state index is 10.6. The highest BCUT2D eigenvalue weighted by Crippen LogP contribution is 2.30. The maximum atomic E-state index is 10.6. The van der Waals surface area contributed by atoms with Gasteiger partial charge in [-0.05, 0) is 39.7 Å². The number of fused-ring (bicyclic) bond motifs is 1. The average Bonchev–Trinajstić information content (AvgIpc) is 2.48. The van der Waals surface area contributed by atoms with Gasteiger partial charge in [-0.25, -0.2) is 0 Å². The Morgan fingerprint density at radius 2 is 2.00 bits per heavy atom. The van der Waals surface area contributed by atoms with Crippen LogP contribution in [0.2, 0.25) is 0 Å². The van der Waals surface area contributed by atoms with Crippen LogP contribution in [0.5, 0.6) is 0 Å². The molecular formula is C16H12Br2N2O. The standard InChI is InChI=1S/C16H12Br2N2O/c17-11-6-10(8-19-9-11)7-15(21)13-3-4-14(18)12-2-1-5-20-16(12)13/h1-6,8-9,15,21H,7H2. The van der Waals surface area contributed by atoms with Gasteiger partial charge in [0.1, 0.15) is 0 Å². The SMILES string of the molecule is OC(Cc1cncc(Br)c1)c1ccc(Br)c2cccnc12. The molecule has 1 aromatic carbocycles. The van der Waals surface area contributed by atoms with Crippen LogP contribution in [-0.4, -0.2) is 15.1 Å². The molecule has 0 bridgehead atoms. The Bertz CT molecular complexity index is 792. The van der Waals surface area contributed by atoms with Gasteiger partial charge in [0, 0.05) is 44.9 Å². The summed E-state index contributed by atoms with van der Waals surface area (Å²) in [5.41, 5.74) is 2.62. The smallest absolute Gasteiger partial charge is 0.0852 e. The third-order valence-electron chi connectivity index (χ3n) is 3.30. The van der Waals surface area contributed by atoms with E-state index in [0.29, 0.717) is 6.42 Å². The van der Waals surface area contributed by atoms with E-state index in [0.717, 1.165) is 31.0 Å². The largest absolute Gasteiger partial charge is 0.388 e. The number of aromatic nitrogens is 2. The number of aliphatic hydroxyl groups is 1. The molecule has 0 amide bonds. The molecule has 1 N–H and O–H groups in total. The van der Waals surface area contributed by atoms with Gasteiger partial charge in [0.2, 0.25) is 0 Å². The lowest BCUT2D eigenvalue weighted by Gasteiger charge is -2.14. The van der Waals surface area contributed by atoms with Gasteiger partial charge in [0.05, 0.1) is 11.6 Å². The topological polar surface area (TPSA) is 46.0 Å². The van der Waals surface area contributed by atoms with Crippen molar-refractivity contribution in [2.45, 2.75) is 12.5 Å². The summed E-state index contributed by atoms with van der Waals surface area (Å²) in [7, 11) is 0. The third-order valence-corrected chi connectivity index (χ3v) is 4.42. The lowest BCUT2D eigenvalue weighted by molar-refractivity contribution is 0.179. The van der Waals surface area contributed by atoms with Gasteiger partial charge < -0.3 is 5.11 Å². The van der Waals surface area contributed by atoms with E-state index < -0.39 is 6.10 Å². The van der Waals surface area contributed by atoms with E-state index in [1.54, 1.807) is 18.6 Å². The van der Waals surface area contributed by atoms with Crippen molar-refractivity contribution < 1.29 is 5.11 Å². The van der Waals surface area contributed by atoms with Crippen molar-refractivity contribution in [2.75, 3.05) is 0 Å². The first-order valence-electron chi connectivity index (χ1n) is 6.46. The summed E-state index contributed by atoms with van der Waals surface area (Å²) in [6.45, 7) is 0. The van der Waals surface area contributed by atoms with Crippen LogP contribution in [0.3, 0.4) is 0 Å². The van der Waals surface area contributed by atoms with E-state index in [1.165, 1.54) is 0 Å². The van der Waals surface area contributed by atoms with Crippen molar-refractivity contribution in [3.63, 3.8) is 0 Å². The highest BCUT2D eigenvalue weighted by Gasteiger charge is 2.14. The molecule has 1 atom stereocenters. The summed E-state index contributed by atoms with van der Waals surface area (Å²) in [5, 5.41) is 11.6. The summed E-state index contributed by atoms with van der Waals surface area (Å²) in [5.74, 6) is 0. The number of nitrogens with zero attached hydrogens (tertiary/aromatic N) is 2. The van der Waals surface area contributed by atoms with Crippen LogP contribution in [0.1, 0.15) is 17.2 Å². The first-order chi connectivity index (χ1) is 10.1. The number of benzene rings is 1. The highest BCUT2D eigenvalue weighted by atomic mass is 79.9. The zero-order valence-electron chi connectivity index (χ0n) is 11.0. The molecule has 21 heavy (non-hydrogen) atoms. The van der Waals surface area contributed by atoms with Gasteiger partial charge in [-0.1, -0.05) is 28.1 Å². The van der Waals surface area contributed by atoms with Crippen molar-refractivity contribution in [2.24, 2.45) is 0 Å². The molecule has 0 saturated carbocycles. The molecule has 2 aromatic heterocycles. The number of hydrogen-bond donors (Lipinski definition) is 1. The van der Waals surface area contributed by atoms with Gasteiger partial charge >= 0.3 is 0 Å². The van der Waals surface area contributed by atoms with Crippen molar-refractivity contribution in [1.82, 2.24) is 9.97 Å². The normalized spacial score (nSPS) is 12.5.